The van der Waals surface area contributed by atoms with E-state index in [1.165, 1.54) is 14.0 Å². The number of Topliss-reactive ketones (excluding diaryl/α,β-unsaturated/α-hetero) is 1. The number of anilines is 2. The number of ketones is 1. The average molecular weight is 384 g/mol. The van der Waals surface area contributed by atoms with Gasteiger partial charge in [-0.2, -0.15) is 0 Å². The number of carbonyl (C=O) groups is 3. The summed E-state index contributed by atoms with van der Waals surface area (Å²) in [4.78, 5) is 37.5. The van der Waals surface area contributed by atoms with Crippen molar-refractivity contribution >= 4 is 29.0 Å². The summed E-state index contributed by atoms with van der Waals surface area (Å²) in [5, 5.41) is 2.67. The van der Waals surface area contributed by atoms with Gasteiger partial charge in [-0.05, 0) is 49.4 Å². The lowest BCUT2D eigenvalue weighted by Crippen LogP contribution is -2.21. The van der Waals surface area contributed by atoms with Crippen molar-refractivity contribution in [2.24, 2.45) is 0 Å². The fraction of sp³-hybridized carbons (Fsp3) is 0.286. The van der Waals surface area contributed by atoms with E-state index in [-0.39, 0.29) is 12.2 Å². The van der Waals surface area contributed by atoms with E-state index in [2.05, 4.69) is 5.32 Å². The molecule has 28 heavy (non-hydrogen) atoms. The summed E-state index contributed by atoms with van der Waals surface area (Å²) in [7, 11) is 5.33. The van der Waals surface area contributed by atoms with E-state index >= 15 is 0 Å². The molecule has 1 N–H and O–H groups in total. The van der Waals surface area contributed by atoms with Gasteiger partial charge >= 0.3 is 5.97 Å². The van der Waals surface area contributed by atoms with Gasteiger partial charge in [0.05, 0.1) is 13.5 Å². The Morgan fingerprint density at radius 3 is 2.29 bits per heavy atom. The molecule has 0 bridgehead atoms. The lowest BCUT2D eigenvalue weighted by molar-refractivity contribution is -0.146. The maximum absolute atomic E-state index is 12.1. The molecule has 0 saturated carbocycles. The maximum Gasteiger partial charge on any atom is 0.310 e. The third kappa shape index (κ3) is 5.84. The van der Waals surface area contributed by atoms with Gasteiger partial charge in [-0.15, -0.1) is 0 Å². The summed E-state index contributed by atoms with van der Waals surface area (Å²) in [5.74, 6) is -0.656. The molecule has 0 radical (unpaired) electrons. The molecule has 0 spiro atoms. The first kappa shape index (κ1) is 21.0. The van der Waals surface area contributed by atoms with Crippen LogP contribution >= 0.6 is 0 Å². The highest BCUT2D eigenvalue weighted by Gasteiger charge is 2.14. The molecule has 0 atom stereocenters. The van der Waals surface area contributed by atoms with Gasteiger partial charge in [-0.3, -0.25) is 14.4 Å². The standard InChI is InChI=1S/C21H24N2O5/c1-14(24)15-5-10-19(27-4)16(11-15)12-21(26)28-13-20(25)22-17-6-8-18(9-7-17)23(2)3/h5-11H,12-13H2,1-4H3,(H,22,25). The Bertz CT molecular complexity index is 860. The number of rotatable bonds is 8. The quantitative estimate of drug-likeness (QED) is 0.556. The van der Waals surface area contributed by atoms with Crippen LogP contribution in [0.25, 0.3) is 0 Å². The molecule has 2 aromatic carbocycles. The summed E-state index contributed by atoms with van der Waals surface area (Å²) >= 11 is 0. The Labute approximate surface area is 164 Å². The molecular formula is C21H24N2O5. The molecule has 1 amide bonds. The second-order valence-electron chi connectivity index (χ2n) is 6.41. The van der Waals surface area contributed by atoms with E-state index in [9.17, 15) is 14.4 Å². The van der Waals surface area contributed by atoms with E-state index in [0.717, 1.165) is 5.69 Å². The first-order valence-corrected chi connectivity index (χ1v) is 8.71. The van der Waals surface area contributed by atoms with Crippen molar-refractivity contribution in [3.8, 4) is 5.75 Å². The van der Waals surface area contributed by atoms with Crippen molar-refractivity contribution in [1.29, 1.82) is 0 Å². The molecule has 0 aliphatic heterocycles. The lowest BCUT2D eigenvalue weighted by Gasteiger charge is -2.13. The topological polar surface area (TPSA) is 84.9 Å². The van der Waals surface area contributed by atoms with Crippen molar-refractivity contribution in [2.75, 3.05) is 38.0 Å². The minimum Gasteiger partial charge on any atom is -0.496 e. The average Bonchev–Trinajstić information content (AvgIpc) is 2.66. The van der Waals surface area contributed by atoms with Gasteiger partial charge in [-0.25, -0.2) is 0 Å². The summed E-state index contributed by atoms with van der Waals surface area (Å²) in [6, 6.07) is 12.1. The number of hydrogen-bond acceptors (Lipinski definition) is 6. The van der Waals surface area contributed by atoms with E-state index in [1.54, 1.807) is 30.3 Å². The van der Waals surface area contributed by atoms with Crippen LogP contribution in [0.1, 0.15) is 22.8 Å². The molecule has 0 heterocycles. The number of nitrogens with one attached hydrogen (secondary N) is 1. The number of carbonyl (C=O) groups excluding carboxylic acids is 3. The SMILES string of the molecule is COc1ccc(C(C)=O)cc1CC(=O)OCC(=O)Nc1ccc(N(C)C)cc1. The number of hydrogen-bond donors (Lipinski definition) is 1. The smallest absolute Gasteiger partial charge is 0.310 e. The molecule has 2 rings (SSSR count). The Hall–Kier alpha value is -3.35. The summed E-state index contributed by atoms with van der Waals surface area (Å²) in [5.41, 5.74) is 2.62. The van der Waals surface area contributed by atoms with Crippen LogP contribution in [0.5, 0.6) is 5.75 Å². The van der Waals surface area contributed by atoms with Crippen LogP contribution in [0.3, 0.4) is 0 Å². The number of methoxy groups -OCH3 is 1. The fourth-order valence-electron chi connectivity index (χ4n) is 2.53. The molecule has 0 unspecified atom stereocenters. The van der Waals surface area contributed by atoms with Crippen LogP contribution in [0.15, 0.2) is 42.5 Å². The molecule has 0 saturated heterocycles. The van der Waals surface area contributed by atoms with Gasteiger partial charge in [0.2, 0.25) is 0 Å². The van der Waals surface area contributed by atoms with Gasteiger partial charge in [-0.1, -0.05) is 0 Å². The Balaban J connectivity index is 1.90. The van der Waals surface area contributed by atoms with Crippen LogP contribution in [0.4, 0.5) is 11.4 Å². The molecule has 2 aromatic rings. The predicted octanol–water partition coefficient (Wildman–Crippen LogP) is 2.69. The van der Waals surface area contributed by atoms with E-state index in [0.29, 0.717) is 22.6 Å². The fourth-order valence-corrected chi connectivity index (χ4v) is 2.53. The molecular weight excluding hydrogens is 360 g/mol. The summed E-state index contributed by atoms with van der Waals surface area (Å²) in [6.07, 6.45) is -0.102. The molecule has 0 fully saturated rings. The van der Waals surface area contributed by atoms with Crippen LogP contribution < -0.4 is 15.0 Å². The summed E-state index contributed by atoms with van der Waals surface area (Å²) in [6.45, 7) is 1.04. The number of ether oxygens (including phenoxy) is 2. The second-order valence-corrected chi connectivity index (χ2v) is 6.41. The zero-order chi connectivity index (χ0) is 20.7. The van der Waals surface area contributed by atoms with E-state index in [1.807, 2.05) is 31.1 Å². The Morgan fingerprint density at radius 1 is 1.04 bits per heavy atom. The zero-order valence-electron chi connectivity index (χ0n) is 16.4. The van der Waals surface area contributed by atoms with Crippen LogP contribution in [-0.2, 0) is 20.7 Å². The largest absolute Gasteiger partial charge is 0.496 e. The Morgan fingerprint density at radius 2 is 1.71 bits per heavy atom. The number of esters is 1. The molecule has 0 aliphatic carbocycles. The lowest BCUT2D eigenvalue weighted by atomic mass is 10.0. The first-order valence-electron chi connectivity index (χ1n) is 8.71. The predicted molar refractivity (Wildman–Crippen MR) is 107 cm³/mol. The normalized spacial score (nSPS) is 10.1. The minimum atomic E-state index is -0.586. The van der Waals surface area contributed by atoms with Gasteiger partial charge in [0.1, 0.15) is 5.75 Å². The Kier molecular flexibility index (Phi) is 7.14. The minimum absolute atomic E-state index is 0.102. The molecule has 7 nitrogen and oxygen atoms in total. The van der Waals surface area contributed by atoms with Crippen molar-refractivity contribution in [1.82, 2.24) is 0 Å². The van der Waals surface area contributed by atoms with Crippen molar-refractivity contribution in [3.05, 3.63) is 53.6 Å². The second kappa shape index (κ2) is 9.55. The van der Waals surface area contributed by atoms with Crippen LogP contribution in [0.2, 0.25) is 0 Å². The van der Waals surface area contributed by atoms with Gasteiger partial charge in [0, 0.05) is 36.6 Å². The highest BCUT2D eigenvalue weighted by Crippen LogP contribution is 2.21. The van der Waals surface area contributed by atoms with Crippen molar-refractivity contribution in [3.63, 3.8) is 0 Å². The summed E-state index contributed by atoms with van der Waals surface area (Å²) < 4.78 is 10.3. The zero-order valence-corrected chi connectivity index (χ0v) is 16.4. The van der Waals surface area contributed by atoms with Crippen LogP contribution in [-0.4, -0.2) is 45.5 Å². The van der Waals surface area contributed by atoms with Crippen LogP contribution in [0, 0.1) is 0 Å². The molecule has 0 aliphatic rings. The van der Waals surface area contributed by atoms with Gasteiger partial charge in [0.25, 0.3) is 5.91 Å². The number of benzene rings is 2. The number of amides is 1. The maximum atomic E-state index is 12.1. The highest BCUT2D eigenvalue weighted by molar-refractivity contribution is 5.95. The highest BCUT2D eigenvalue weighted by atomic mass is 16.5. The molecule has 148 valence electrons. The van der Waals surface area contributed by atoms with Gasteiger partial charge in [0.15, 0.2) is 12.4 Å². The van der Waals surface area contributed by atoms with E-state index in [4.69, 9.17) is 9.47 Å². The third-order valence-electron chi connectivity index (χ3n) is 4.05. The number of nitrogens with zero attached hydrogens (tertiary/aromatic N) is 1. The van der Waals surface area contributed by atoms with E-state index < -0.39 is 18.5 Å². The van der Waals surface area contributed by atoms with Crippen molar-refractivity contribution in [2.45, 2.75) is 13.3 Å². The monoisotopic (exact) mass is 384 g/mol. The molecule has 7 heteroatoms. The third-order valence-corrected chi connectivity index (χ3v) is 4.05. The molecule has 0 aromatic heterocycles. The first-order chi connectivity index (χ1) is 13.3. The van der Waals surface area contributed by atoms with Gasteiger partial charge < -0.3 is 19.7 Å². The van der Waals surface area contributed by atoms with Crippen molar-refractivity contribution < 1.29 is 23.9 Å².